The summed E-state index contributed by atoms with van der Waals surface area (Å²) in [6.45, 7) is 7.91. The van der Waals surface area contributed by atoms with Gasteiger partial charge in [0.25, 0.3) is 5.91 Å². The Hall–Kier alpha value is -1.59. The predicted molar refractivity (Wildman–Crippen MR) is 111 cm³/mol. The Balaban J connectivity index is 1.36. The van der Waals surface area contributed by atoms with Crippen LogP contribution in [-0.4, -0.2) is 40.9 Å². The maximum absolute atomic E-state index is 12.9. The highest BCUT2D eigenvalue weighted by atomic mass is 16.2. The number of urea groups is 1. The number of imide groups is 1. The van der Waals surface area contributed by atoms with Crippen molar-refractivity contribution >= 4 is 17.8 Å². The molecule has 29 heavy (non-hydrogen) atoms. The third-order valence-corrected chi connectivity index (χ3v) is 8.25. The monoisotopic (exact) mass is 403 g/mol. The fraction of sp³-hybridized carbons (Fsp3) is 0.870. The molecule has 6 heteroatoms. The van der Waals surface area contributed by atoms with Crippen LogP contribution in [0.2, 0.25) is 0 Å². The smallest absolute Gasteiger partial charge is 0.325 e. The molecule has 1 aliphatic heterocycles. The first kappa shape index (κ1) is 20.7. The van der Waals surface area contributed by atoms with Crippen LogP contribution in [0.4, 0.5) is 4.79 Å². The third kappa shape index (κ3) is 3.79. The summed E-state index contributed by atoms with van der Waals surface area (Å²) in [5.41, 5.74) is -0.680. The summed E-state index contributed by atoms with van der Waals surface area (Å²) in [4.78, 5) is 39.1. The van der Waals surface area contributed by atoms with Crippen LogP contribution in [0.5, 0.6) is 0 Å². The van der Waals surface area contributed by atoms with Crippen molar-refractivity contribution in [3.63, 3.8) is 0 Å². The van der Waals surface area contributed by atoms with Crippen LogP contribution in [0, 0.1) is 29.1 Å². The van der Waals surface area contributed by atoms with E-state index in [9.17, 15) is 14.4 Å². The zero-order chi connectivity index (χ0) is 21.0. The fourth-order valence-electron chi connectivity index (χ4n) is 6.93. The molecule has 4 saturated carbocycles. The largest absolute Gasteiger partial charge is 0.352 e. The second-order valence-electron chi connectivity index (χ2n) is 11.2. The minimum absolute atomic E-state index is 0.0940. The second-order valence-corrected chi connectivity index (χ2v) is 11.2. The fourth-order valence-corrected chi connectivity index (χ4v) is 6.93. The van der Waals surface area contributed by atoms with Crippen LogP contribution in [0.3, 0.4) is 0 Å². The second kappa shape index (κ2) is 7.28. The summed E-state index contributed by atoms with van der Waals surface area (Å²) in [7, 11) is 0. The van der Waals surface area contributed by atoms with E-state index in [0.29, 0.717) is 12.3 Å². The van der Waals surface area contributed by atoms with Gasteiger partial charge in [0.1, 0.15) is 12.1 Å². The summed E-state index contributed by atoms with van der Waals surface area (Å²) in [5.74, 6) is 2.44. The van der Waals surface area contributed by atoms with Crippen molar-refractivity contribution < 1.29 is 14.4 Å². The highest BCUT2D eigenvalue weighted by Gasteiger charge is 2.54. The number of carbonyl (C=O) groups excluding carboxylic acids is 3. The highest BCUT2D eigenvalue weighted by molar-refractivity contribution is 6.08. The zero-order valence-electron chi connectivity index (χ0n) is 18.4. The minimum Gasteiger partial charge on any atom is -0.352 e. The van der Waals surface area contributed by atoms with Gasteiger partial charge in [-0.2, -0.15) is 0 Å². The molecule has 5 fully saturated rings. The van der Waals surface area contributed by atoms with Gasteiger partial charge in [-0.05, 0) is 94.3 Å². The molecule has 1 saturated heterocycles. The zero-order valence-corrected chi connectivity index (χ0v) is 18.4. The predicted octanol–water partition coefficient (Wildman–Crippen LogP) is 3.45. The summed E-state index contributed by atoms with van der Waals surface area (Å²) in [5, 5.41) is 5.98. The summed E-state index contributed by atoms with van der Waals surface area (Å²) in [6, 6.07) is -0.352. The Morgan fingerprint density at radius 1 is 1.10 bits per heavy atom. The Kier molecular flexibility index (Phi) is 5.19. The first-order chi connectivity index (χ1) is 13.6. The Labute approximate surface area is 174 Å². The lowest BCUT2D eigenvalue weighted by molar-refractivity contribution is -0.136. The molecule has 162 valence electrons. The third-order valence-electron chi connectivity index (χ3n) is 8.25. The van der Waals surface area contributed by atoms with Gasteiger partial charge in [-0.25, -0.2) is 4.79 Å². The number of hydrogen-bond acceptors (Lipinski definition) is 3. The molecule has 0 aromatic heterocycles. The molecule has 1 heterocycles. The molecular weight excluding hydrogens is 366 g/mol. The number of rotatable bonds is 7. The molecule has 0 spiro atoms. The molecule has 0 unspecified atom stereocenters. The van der Waals surface area contributed by atoms with E-state index in [0.717, 1.165) is 29.1 Å². The summed E-state index contributed by atoms with van der Waals surface area (Å²) < 4.78 is 0. The molecule has 0 aromatic carbocycles. The highest BCUT2D eigenvalue weighted by Crippen LogP contribution is 2.61. The molecule has 2 atom stereocenters. The van der Waals surface area contributed by atoms with Gasteiger partial charge in [0.15, 0.2) is 0 Å². The van der Waals surface area contributed by atoms with Crippen LogP contribution in [-0.2, 0) is 9.59 Å². The van der Waals surface area contributed by atoms with E-state index < -0.39 is 11.6 Å². The number of nitrogens with zero attached hydrogens (tertiary/aromatic N) is 1. The van der Waals surface area contributed by atoms with E-state index in [2.05, 4.69) is 31.4 Å². The topological polar surface area (TPSA) is 78.5 Å². The summed E-state index contributed by atoms with van der Waals surface area (Å²) in [6.07, 6.45) is 9.22. The lowest BCUT2D eigenvalue weighted by atomic mass is 9.48. The van der Waals surface area contributed by atoms with Crippen molar-refractivity contribution in [1.29, 1.82) is 0 Å². The van der Waals surface area contributed by atoms with E-state index in [1.54, 1.807) is 6.92 Å². The number of hydrogen-bond donors (Lipinski definition) is 2. The van der Waals surface area contributed by atoms with Gasteiger partial charge in [0.05, 0.1) is 0 Å². The van der Waals surface area contributed by atoms with Crippen LogP contribution in [0.25, 0.3) is 0 Å². The number of amides is 4. The van der Waals surface area contributed by atoms with Crippen LogP contribution < -0.4 is 10.6 Å². The Morgan fingerprint density at radius 2 is 1.66 bits per heavy atom. The SMILES string of the molecule is CC(C)CC[C@]1(C)NC(=O)N(CC(=O)N[C@@H](C)C23CC4CC(CC(C4)C2)C3)C1=O. The molecule has 0 radical (unpaired) electrons. The van der Waals surface area contributed by atoms with Crippen LogP contribution in [0.15, 0.2) is 0 Å². The van der Waals surface area contributed by atoms with Crippen molar-refractivity contribution in [1.82, 2.24) is 15.5 Å². The lowest BCUT2D eigenvalue weighted by Gasteiger charge is -2.59. The minimum atomic E-state index is -0.896. The van der Waals surface area contributed by atoms with Crippen LogP contribution in [0.1, 0.15) is 79.1 Å². The maximum Gasteiger partial charge on any atom is 0.325 e. The Bertz CT molecular complexity index is 668. The average Bonchev–Trinajstić information content (AvgIpc) is 2.82. The van der Waals surface area contributed by atoms with E-state index in [1.165, 1.54) is 38.5 Å². The normalized spacial score (nSPS) is 39.2. The first-order valence-corrected chi connectivity index (χ1v) is 11.5. The molecule has 2 N–H and O–H groups in total. The molecule has 4 bridgehead atoms. The summed E-state index contributed by atoms with van der Waals surface area (Å²) >= 11 is 0. The molecule has 4 aliphatic carbocycles. The van der Waals surface area contributed by atoms with Gasteiger partial charge >= 0.3 is 6.03 Å². The van der Waals surface area contributed by atoms with Crippen molar-refractivity contribution in [2.24, 2.45) is 29.1 Å². The van der Waals surface area contributed by atoms with Gasteiger partial charge in [-0.15, -0.1) is 0 Å². The van der Waals surface area contributed by atoms with Crippen molar-refractivity contribution in [2.45, 2.75) is 90.6 Å². The maximum atomic E-state index is 12.9. The van der Waals surface area contributed by atoms with Gasteiger partial charge in [0, 0.05) is 6.04 Å². The number of nitrogens with one attached hydrogen (secondary N) is 2. The first-order valence-electron chi connectivity index (χ1n) is 11.5. The molecule has 4 amide bonds. The van der Waals surface area contributed by atoms with Gasteiger partial charge in [-0.1, -0.05) is 13.8 Å². The van der Waals surface area contributed by atoms with E-state index in [-0.39, 0.29) is 29.8 Å². The van der Waals surface area contributed by atoms with Crippen LogP contribution >= 0.6 is 0 Å². The molecule has 0 aromatic rings. The van der Waals surface area contributed by atoms with Crippen molar-refractivity contribution in [3.8, 4) is 0 Å². The van der Waals surface area contributed by atoms with Crippen molar-refractivity contribution in [2.75, 3.05) is 6.54 Å². The van der Waals surface area contributed by atoms with Gasteiger partial charge in [-0.3, -0.25) is 14.5 Å². The van der Waals surface area contributed by atoms with Crippen molar-refractivity contribution in [3.05, 3.63) is 0 Å². The Morgan fingerprint density at radius 3 is 2.17 bits per heavy atom. The van der Waals surface area contributed by atoms with E-state index in [1.807, 2.05) is 0 Å². The number of carbonyl (C=O) groups is 3. The molecular formula is C23H37N3O3. The molecule has 6 nitrogen and oxygen atoms in total. The van der Waals surface area contributed by atoms with E-state index in [4.69, 9.17) is 0 Å². The van der Waals surface area contributed by atoms with Gasteiger partial charge in [0.2, 0.25) is 5.91 Å². The van der Waals surface area contributed by atoms with Gasteiger partial charge < -0.3 is 10.6 Å². The quantitative estimate of drug-likeness (QED) is 0.639. The lowest BCUT2D eigenvalue weighted by Crippen LogP contribution is -2.57. The molecule has 5 rings (SSSR count). The standard InChI is InChI=1S/C23H37N3O3/c1-14(2)5-6-22(4)20(28)26(21(29)25-22)13-19(27)24-15(3)23-10-16-7-17(11-23)9-18(8-16)12-23/h14-18H,5-13H2,1-4H3,(H,24,27)(H,25,29)/t15-,16?,17?,18?,22-,23?/m0/s1. The molecule has 5 aliphatic rings. The van der Waals surface area contributed by atoms with E-state index >= 15 is 0 Å². The average molecular weight is 404 g/mol.